The number of carbonyl (C=O) groups excluding carboxylic acids is 1. The van der Waals surface area contributed by atoms with E-state index in [1.165, 1.54) is 0 Å². The van der Waals surface area contributed by atoms with Crippen molar-refractivity contribution in [2.75, 3.05) is 16.8 Å². The maximum atomic E-state index is 11.6. The summed E-state index contributed by atoms with van der Waals surface area (Å²) in [5.74, 6) is 0.179. The zero-order valence-corrected chi connectivity index (χ0v) is 12.3. The number of amides is 1. The van der Waals surface area contributed by atoms with E-state index >= 15 is 0 Å². The molecule has 1 aromatic rings. The number of anilines is 1. The normalized spacial score (nSPS) is 11.6. The van der Waals surface area contributed by atoms with Gasteiger partial charge >= 0.3 is 0 Å². The Morgan fingerprint density at radius 3 is 2.58 bits per heavy atom. The van der Waals surface area contributed by atoms with E-state index in [1.807, 2.05) is 26.8 Å². The molecule has 0 aliphatic rings. The lowest BCUT2D eigenvalue weighted by Gasteiger charge is -2.07. The number of pyridine rings is 1. The van der Waals surface area contributed by atoms with Gasteiger partial charge in [0.15, 0.2) is 9.84 Å². The molecule has 1 aromatic heterocycles. The maximum Gasteiger partial charge on any atom is 0.226 e. The topological polar surface area (TPSA) is 76.1 Å². The molecule has 1 heterocycles. The molecule has 0 aliphatic carbocycles. The van der Waals surface area contributed by atoms with Crippen LogP contribution in [0.3, 0.4) is 0 Å². The Balaban J connectivity index is 2.46. The third kappa shape index (κ3) is 6.33. The molecule has 0 aromatic carbocycles. The number of carbonyl (C=O) groups is 1. The van der Waals surface area contributed by atoms with Gasteiger partial charge in [0.05, 0.1) is 11.5 Å². The Hall–Kier alpha value is -1.43. The minimum atomic E-state index is -3.16. The van der Waals surface area contributed by atoms with Crippen molar-refractivity contribution in [3.8, 4) is 0 Å². The number of nitrogens with one attached hydrogen (secondary N) is 1. The fourth-order valence-corrected chi connectivity index (χ4v) is 3.27. The number of aromatic nitrogens is 1. The summed E-state index contributed by atoms with van der Waals surface area (Å²) in [6, 6.07) is 3.52. The summed E-state index contributed by atoms with van der Waals surface area (Å²) in [5.41, 5.74) is 0.998. The molecule has 0 saturated carbocycles. The zero-order valence-electron chi connectivity index (χ0n) is 11.5. The van der Waals surface area contributed by atoms with Crippen LogP contribution in [0.4, 0.5) is 5.82 Å². The molecule has 0 atom stereocenters. The first-order valence-electron chi connectivity index (χ1n) is 6.21. The van der Waals surface area contributed by atoms with Crippen molar-refractivity contribution >= 4 is 21.6 Å². The molecule has 0 fully saturated rings. The fraction of sp³-hybridized carbons (Fsp3) is 0.538. The molecule has 0 bridgehead atoms. The molecule has 0 radical (unpaired) electrons. The number of hydrogen-bond donors (Lipinski definition) is 1. The summed E-state index contributed by atoms with van der Waals surface area (Å²) in [5, 5.41) is 2.58. The molecule has 0 unspecified atom stereocenters. The van der Waals surface area contributed by atoms with E-state index in [2.05, 4.69) is 10.3 Å². The Morgan fingerprint density at radius 1 is 1.37 bits per heavy atom. The first-order valence-corrected chi connectivity index (χ1v) is 8.03. The largest absolute Gasteiger partial charge is 0.311 e. The van der Waals surface area contributed by atoms with Gasteiger partial charge in [0.25, 0.3) is 0 Å². The smallest absolute Gasteiger partial charge is 0.226 e. The Kier molecular flexibility index (Phi) is 5.47. The second-order valence-corrected chi connectivity index (χ2v) is 7.26. The van der Waals surface area contributed by atoms with Crippen molar-refractivity contribution < 1.29 is 13.2 Å². The average Bonchev–Trinajstić information content (AvgIpc) is 2.28. The predicted octanol–water partition coefficient (Wildman–Crippen LogP) is 1.79. The van der Waals surface area contributed by atoms with Gasteiger partial charge in [-0.05, 0) is 24.5 Å². The average molecular weight is 284 g/mol. The Morgan fingerprint density at radius 2 is 2.05 bits per heavy atom. The molecule has 5 nitrogen and oxygen atoms in total. The first-order chi connectivity index (χ1) is 8.78. The molecular weight excluding hydrogens is 264 g/mol. The highest BCUT2D eigenvalue weighted by Gasteiger charge is 2.15. The van der Waals surface area contributed by atoms with Crippen LogP contribution in [0.1, 0.15) is 25.8 Å². The lowest BCUT2D eigenvalue weighted by molar-refractivity contribution is -0.115. The second-order valence-electron chi connectivity index (χ2n) is 5.03. The predicted molar refractivity (Wildman–Crippen MR) is 75.7 cm³/mol. The Labute approximate surface area is 114 Å². The SMILES string of the molecule is Cc1ccc(NC(=O)CCS(=O)(=O)CC(C)C)nc1. The highest BCUT2D eigenvalue weighted by Crippen LogP contribution is 2.06. The summed E-state index contributed by atoms with van der Waals surface area (Å²) in [7, 11) is -3.16. The van der Waals surface area contributed by atoms with Crippen molar-refractivity contribution in [3.05, 3.63) is 23.9 Å². The zero-order chi connectivity index (χ0) is 14.5. The van der Waals surface area contributed by atoms with Crippen LogP contribution in [-0.4, -0.2) is 30.8 Å². The number of sulfone groups is 1. The highest BCUT2D eigenvalue weighted by molar-refractivity contribution is 7.91. The van der Waals surface area contributed by atoms with E-state index in [4.69, 9.17) is 0 Å². The molecule has 19 heavy (non-hydrogen) atoms. The van der Waals surface area contributed by atoms with Gasteiger partial charge in [-0.25, -0.2) is 13.4 Å². The highest BCUT2D eigenvalue weighted by atomic mass is 32.2. The van der Waals surface area contributed by atoms with Gasteiger partial charge in [0.1, 0.15) is 5.82 Å². The molecule has 1 N–H and O–H groups in total. The lowest BCUT2D eigenvalue weighted by atomic mass is 10.3. The Bertz CT molecular complexity index is 521. The monoisotopic (exact) mass is 284 g/mol. The van der Waals surface area contributed by atoms with Crippen LogP contribution >= 0.6 is 0 Å². The van der Waals surface area contributed by atoms with Crippen molar-refractivity contribution in [3.63, 3.8) is 0 Å². The van der Waals surface area contributed by atoms with E-state index in [-0.39, 0.29) is 29.8 Å². The maximum absolute atomic E-state index is 11.6. The van der Waals surface area contributed by atoms with Crippen LogP contribution in [0.5, 0.6) is 0 Å². The van der Waals surface area contributed by atoms with Gasteiger partial charge < -0.3 is 5.32 Å². The molecule has 0 saturated heterocycles. The first kappa shape index (κ1) is 15.6. The molecule has 1 amide bonds. The summed E-state index contributed by atoms with van der Waals surface area (Å²) >= 11 is 0. The van der Waals surface area contributed by atoms with E-state index in [9.17, 15) is 13.2 Å². The number of aryl methyl sites for hydroxylation is 1. The number of rotatable bonds is 6. The molecule has 6 heteroatoms. The fourth-order valence-electron chi connectivity index (χ4n) is 1.59. The van der Waals surface area contributed by atoms with Gasteiger partial charge in [0.2, 0.25) is 5.91 Å². The van der Waals surface area contributed by atoms with Crippen LogP contribution in [0, 0.1) is 12.8 Å². The molecule has 1 rings (SSSR count). The summed E-state index contributed by atoms with van der Waals surface area (Å²) in [4.78, 5) is 15.6. The van der Waals surface area contributed by atoms with Crippen LogP contribution in [0.2, 0.25) is 0 Å². The van der Waals surface area contributed by atoms with E-state index in [0.717, 1.165) is 5.56 Å². The van der Waals surface area contributed by atoms with Gasteiger partial charge in [-0.1, -0.05) is 19.9 Å². The van der Waals surface area contributed by atoms with Gasteiger partial charge in [-0.15, -0.1) is 0 Å². The quantitative estimate of drug-likeness (QED) is 0.864. The van der Waals surface area contributed by atoms with Crippen molar-refractivity contribution in [2.45, 2.75) is 27.2 Å². The number of hydrogen-bond acceptors (Lipinski definition) is 4. The summed E-state index contributed by atoms with van der Waals surface area (Å²) in [6.45, 7) is 5.58. The lowest BCUT2D eigenvalue weighted by Crippen LogP contribution is -2.21. The van der Waals surface area contributed by atoms with Crippen LogP contribution < -0.4 is 5.32 Å². The molecule has 0 spiro atoms. The molecular formula is C13H20N2O3S. The minimum absolute atomic E-state index is 0.0371. The van der Waals surface area contributed by atoms with Crippen molar-refractivity contribution in [1.29, 1.82) is 0 Å². The van der Waals surface area contributed by atoms with Crippen molar-refractivity contribution in [2.24, 2.45) is 5.92 Å². The van der Waals surface area contributed by atoms with Crippen molar-refractivity contribution in [1.82, 2.24) is 4.98 Å². The van der Waals surface area contributed by atoms with E-state index in [1.54, 1.807) is 12.3 Å². The van der Waals surface area contributed by atoms with Crippen LogP contribution in [0.25, 0.3) is 0 Å². The standard InChI is InChI=1S/C13H20N2O3S/c1-10(2)9-19(17,18)7-6-13(16)15-12-5-4-11(3)8-14-12/h4-5,8,10H,6-7,9H2,1-3H3,(H,14,15,16). The van der Waals surface area contributed by atoms with E-state index in [0.29, 0.717) is 5.82 Å². The van der Waals surface area contributed by atoms with E-state index < -0.39 is 9.84 Å². The summed E-state index contributed by atoms with van der Waals surface area (Å²) in [6.07, 6.45) is 1.61. The third-order valence-corrected chi connectivity index (χ3v) is 4.41. The third-order valence-electron chi connectivity index (χ3n) is 2.41. The van der Waals surface area contributed by atoms with Crippen LogP contribution in [-0.2, 0) is 14.6 Å². The van der Waals surface area contributed by atoms with Gasteiger partial charge in [-0.2, -0.15) is 0 Å². The molecule has 106 valence electrons. The second kappa shape index (κ2) is 6.65. The molecule has 0 aliphatic heterocycles. The minimum Gasteiger partial charge on any atom is -0.311 e. The van der Waals surface area contributed by atoms with Gasteiger partial charge in [0, 0.05) is 12.6 Å². The van der Waals surface area contributed by atoms with Crippen LogP contribution in [0.15, 0.2) is 18.3 Å². The van der Waals surface area contributed by atoms with Gasteiger partial charge in [-0.3, -0.25) is 4.79 Å². The summed E-state index contributed by atoms with van der Waals surface area (Å²) < 4.78 is 23.3. The number of nitrogens with zero attached hydrogens (tertiary/aromatic N) is 1.